The summed E-state index contributed by atoms with van der Waals surface area (Å²) in [4.78, 5) is 15.0. The second-order valence-corrected chi connectivity index (χ2v) is 7.43. The van der Waals surface area contributed by atoms with Crippen LogP contribution in [0, 0.1) is 0 Å². The molecule has 5 heteroatoms. The Bertz CT molecular complexity index is 593. The molecule has 0 atom stereocenters. The highest BCUT2D eigenvalue weighted by molar-refractivity contribution is 5.95. The minimum atomic E-state index is -0.0406. The molecule has 3 rings (SSSR count). The van der Waals surface area contributed by atoms with E-state index in [-0.39, 0.29) is 11.4 Å². The van der Waals surface area contributed by atoms with Crippen LogP contribution in [0.4, 0.5) is 0 Å². The number of carbonyl (C=O) groups excluding carboxylic acids is 1. The Morgan fingerprint density at radius 1 is 1.04 bits per heavy atom. The van der Waals surface area contributed by atoms with Gasteiger partial charge in [0.1, 0.15) is 0 Å². The predicted molar refractivity (Wildman–Crippen MR) is 98.5 cm³/mol. The number of benzene rings is 1. The fraction of sp³-hybridized carbons (Fsp3) is 0.650. The van der Waals surface area contributed by atoms with E-state index in [0.29, 0.717) is 31.1 Å². The first-order chi connectivity index (χ1) is 12.1. The van der Waals surface area contributed by atoms with Crippen molar-refractivity contribution in [3.63, 3.8) is 0 Å². The molecule has 0 bridgehead atoms. The standard InChI is InChI=1S/C20H30N2O3/c1-22(2)20(10-5-3-4-6-11-20)15-21-19(23)16-8-9-17-18(14-16)25-13-7-12-24-17/h8-9,14H,3-7,10-13,15H2,1-2H3,(H,21,23). The van der Waals surface area contributed by atoms with E-state index in [0.717, 1.165) is 25.0 Å². The lowest BCUT2D eigenvalue weighted by Crippen LogP contribution is -2.52. The lowest BCUT2D eigenvalue weighted by molar-refractivity contribution is 0.0868. The van der Waals surface area contributed by atoms with Gasteiger partial charge in [0.25, 0.3) is 5.91 Å². The number of fused-ring (bicyclic) bond motifs is 1. The van der Waals surface area contributed by atoms with Crippen LogP contribution in [0.2, 0.25) is 0 Å². The van der Waals surface area contributed by atoms with Crippen LogP contribution < -0.4 is 14.8 Å². The van der Waals surface area contributed by atoms with E-state index < -0.39 is 0 Å². The normalized spacial score (nSPS) is 19.8. The van der Waals surface area contributed by atoms with Crippen molar-refractivity contribution >= 4 is 5.91 Å². The van der Waals surface area contributed by atoms with Crippen molar-refractivity contribution in [2.75, 3.05) is 33.9 Å². The summed E-state index contributed by atoms with van der Waals surface area (Å²) >= 11 is 0. The van der Waals surface area contributed by atoms with Gasteiger partial charge in [0, 0.05) is 24.1 Å². The van der Waals surface area contributed by atoms with Crippen molar-refractivity contribution in [1.82, 2.24) is 10.2 Å². The minimum absolute atomic E-state index is 0.0406. The molecule has 1 saturated carbocycles. The Morgan fingerprint density at radius 2 is 1.72 bits per heavy atom. The number of nitrogens with one attached hydrogen (secondary N) is 1. The monoisotopic (exact) mass is 346 g/mol. The fourth-order valence-electron chi connectivity index (χ4n) is 3.82. The molecule has 1 aromatic carbocycles. The molecule has 0 unspecified atom stereocenters. The highest BCUT2D eigenvalue weighted by atomic mass is 16.5. The zero-order valence-electron chi connectivity index (χ0n) is 15.5. The van der Waals surface area contributed by atoms with Crippen molar-refractivity contribution in [1.29, 1.82) is 0 Å². The smallest absolute Gasteiger partial charge is 0.251 e. The molecule has 0 aromatic heterocycles. The van der Waals surface area contributed by atoms with Gasteiger partial charge in [-0.25, -0.2) is 0 Å². The number of rotatable bonds is 4. The average molecular weight is 346 g/mol. The number of nitrogens with zero attached hydrogens (tertiary/aromatic N) is 1. The van der Waals surface area contributed by atoms with Gasteiger partial charge in [0.2, 0.25) is 0 Å². The van der Waals surface area contributed by atoms with Gasteiger partial charge in [-0.15, -0.1) is 0 Å². The summed E-state index contributed by atoms with van der Waals surface area (Å²) < 4.78 is 11.3. The lowest BCUT2D eigenvalue weighted by atomic mass is 9.88. The van der Waals surface area contributed by atoms with Crippen molar-refractivity contribution in [3.8, 4) is 11.5 Å². The van der Waals surface area contributed by atoms with Crippen molar-refractivity contribution in [2.45, 2.75) is 50.5 Å². The maximum Gasteiger partial charge on any atom is 0.251 e. The summed E-state index contributed by atoms with van der Waals surface area (Å²) in [5.74, 6) is 1.35. The first-order valence-corrected chi connectivity index (χ1v) is 9.46. The number of hydrogen-bond acceptors (Lipinski definition) is 4. The van der Waals surface area contributed by atoms with Crippen LogP contribution in [0.1, 0.15) is 55.3 Å². The molecule has 1 aliphatic carbocycles. The van der Waals surface area contributed by atoms with E-state index in [1.165, 1.54) is 25.7 Å². The molecule has 1 N–H and O–H groups in total. The molecular formula is C20H30N2O3. The van der Waals surface area contributed by atoms with Crippen LogP contribution in [0.15, 0.2) is 18.2 Å². The molecule has 5 nitrogen and oxygen atoms in total. The number of likely N-dealkylation sites (N-methyl/N-ethyl adjacent to an activating group) is 1. The summed E-state index contributed by atoms with van der Waals surface area (Å²) in [6.07, 6.45) is 8.21. The number of hydrogen-bond donors (Lipinski definition) is 1. The first-order valence-electron chi connectivity index (χ1n) is 9.46. The van der Waals surface area contributed by atoms with E-state index in [1.807, 2.05) is 12.1 Å². The van der Waals surface area contributed by atoms with E-state index in [1.54, 1.807) is 6.07 Å². The largest absolute Gasteiger partial charge is 0.490 e. The van der Waals surface area contributed by atoms with Gasteiger partial charge in [-0.05, 0) is 45.1 Å². The molecule has 25 heavy (non-hydrogen) atoms. The summed E-state index contributed by atoms with van der Waals surface area (Å²) in [5.41, 5.74) is 0.698. The van der Waals surface area contributed by atoms with Crippen LogP contribution in [0.25, 0.3) is 0 Å². The molecule has 0 spiro atoms. The highest BCUT2D eigenvalue weighted by Gasteiger charge is 2.33. The van der Waals surface area contributed by atoms with Gasteiger partial charge in [0.05, 0.1) is 13.2 Å². The van der Waals surface area contributed by atoms with Crippen LogP contribution in [-0.2, 0) is 0 Å². The molecule has 1 aliphatic heterocycles. The average Bonchev–Trinajstić information content (AvgIpc) is 3.00. The van der Waals surface area contributed by atoms with Gasteiger partial charge in [-0.3, -0.25) is 4.79 Å². The van der Waals surface area contributed by atoms with E-state index >= 15 is 0 Å². The topological polar surface area (TPSA) is 50.8 Å². The zero-order chi connectivity index (χ0) is 17.7. The number of amides is 1. The minimum Gasteiger partial charge on any atom is -0.490 e. The molecule has 2 aliphatic rings. The lowest BCUT2D eigenvalue weighted by Gasteiger charge is -2.39. The Morgan fingerprint density at radius 3 is 2.40 bits per heavy atom. The molecule has 1 heterocycles. The summed E-state index contributed by atoms with van der Waals surface area (Å²) in [5, 5.41) is 3.16. The Balaban J connectivity index is 1.68. The van der Waals surface area contributed by atoms with Crippen LogP contribution in [0.3, 0.4) is 0 Å². The van der Waals surface area contributed by atoms with Gasteiger partial charge >= 0.3 is 0 Å². The zero-order valence-corrected chi connectivity index (χ0v) is 15.5. The number of carbonyl (C=O) groups is 1. The van der Waals surface area contributed by atoms with Crippen LogP contribution >= 0.6 is 0 Å². The molecule has 138 valence electrons. The Kier molecular flexibility index (Phi) is 5.84. The van der Waals surface area contributed by atoms with Gasteiger partial charge < -0.3 is 19.7 Å². The van der Waals surface area contributed by atoms with Crippen molar-refractivity contribution < 1.29 is 14.3 Å². The van der Waals surface area contributed by atoms with E-state index in [9.17, 15) is 4.79 Å². The maximum absolute atomic E-state index is 12.7. The summed E-state index contributed by atoms with van der Waals surface area (Å²) in [7, 11) is 4.26. The van der Waals surface area contributed by atoms with Crippen LogP contribution in [0.5, 0.6) is 11.5 Å². The molecule has 0 saturated heterocycles. The quantitative estimate of drug-likeness (QED) is 0.851. The first kappa shape index (κ1) is 18.1. The van der Waals surface area contributed by atoms with E-state index in [4.69, 9.17) is 9.47 Å². The van der Waals surface area contributed by atoms with Gasteiger partial charge in [-0.1, -0.05) is 25.7 Å². The predicted octanol–water partition coefficient (Wildman–Crippen LogP) is 3.23. The van der Waals surface area contributed by atoms with Gasteiger partial charge in [-0.2, -0.15) is 0 Å². The molecule has 0 radical (unpaired) electrons. The third kappa shape index (κ3) is 4.27. The Labute approximate surface area is 150 Å². The third-order valence-corrected chi connectivity index (χ3v) is 5.57. The molecule has 1 amide bonds. The maximum atomic E-state index is 12.7. The summed E-state index contributed by atoms with van der Waals surface area (Å²) in [6, 6.07) is 5.45. The second kappa shape index (κ2) is 8.09. The fourth-order valence-corrected chi connectivity index (χ4v) is 3.82. The number of ether oxygens (including phenoxy) is 2. The highest BCUT2D eigenvalue weighted by Crippen LogP contribution is 2.32. The Hall–Kier alpha value is -1.75. The van der Waals surface area contributed by atoms with E-state index in [2.05, 4.69) is 24.3 Å². The molecule has 1 aromatic rings. The second-order valence-electron chi connectivity index (χ2n) is 7.43. The van der Waals surface area contributed by atoms with Crippen molar-refractivity contribution in [2.24, 2.45) is 0 Å². The molecule has 1 fully saturated rings. The third-order valence-electron chi connectivity index (χ3n) is 5.57. The summed E-state index contributed by atoms with van der Waals surface area (Å²) in [6.45, 7) is 1.97. The van der Waals surface area contributed by atoms with Gasteiger partial charge in [0.15, 0.2) is 11.5 Å². The molecular weight excluding hydrogens is 316 g/mol. The van der Waals surface area contributed by atoms with Crippen LogP contribution in [-0.4, -0.2) is 50.2 Å². The van der Waals surface area contributed by atoms with Crippen molar-refractivity contribution in [3.05, 3.63) is 23.8 Å². The SMILES string of the molecule is CN(C)C1(CNC(=O)c2ccc3c(c2)OCCCO3)CCCCCC1.